The molecule has 1 amide bonds. The van der Waals surface area contributed by atoms with Crippen molar-refractivity contribution in [2.24, 2.45) is 0 Å². The summed E-state index contributed by atoms with van der Waals surface area (Å²) in [4.78, 5) is 13.8. The summed E-state index contributed by atoms with van der Waals surface area (Å²) in [6.07, 6.45) is 1.19. The Hall–Kier alpha value is -2.06. The summed E-state index contributed by atoms with van der Waals surface area (Å²) in [7, 11) is 1.64. The van der Waals surface area contributed by atoms with Crippen LogP contribution in [-0.2, 0) is 9.53 Å². The highest BCUT2D eigenvalue weighted by molar-refractivity contribution is 5.81. The van der Waals surface area contributed by atoms with Crippen LogP contribution < -0.4 is 10.2 Å². The van der Waals surface area contributed by atoms with E-state index in [0.717, 1.165) is 12.1 Å². The van der Waals surface area contributed by atoms with Crippen LogP contribution in [0.2, 0.25) is 0 Å². The third kappa shape index (κ3) is 6.21. The van der Waals surface area contributed by atoms with E-state index in [1.165, 1.54) is 0 Å². The predicted molar refractivity (Wildman–Crippen MR) is 78.4 cm³/mol. The first-order chi connectivity index (χ1) is 9.77. The number of rotatable bonds is 9. The average Bonchev–Trinajstić information content (AvgIpc) is 2.49. The molecule has 0 saturated carbocycles. The van der Waals surface area contributed by atoms with Crippen LogP contribution in [0.4, 0.5) is 5.69 Å². The number of ether oxygens (including phenoxy) is 1. The number of nitriles is 1. The Bertz CT molecular complexity index is 428. The van der Waals surface area contributed by atoms with Gasteiger partial charge in [0.2, 0.25) is 5.91 Å². The van der Waals surface area contributed by atoms with E-state index in [1.807, 2.05) is 35.2 Å². The zero-order valence-corrected chi connectivity index (χ0v) is 11.8. The number of nitrogens with zero attached hydrogens (tertiary/aromatic N) is 2. The lowest BCUT2D eigenvalue weighted by Gasteiger charge is -2.23. The topological polar surface area (TPSA) is 65.4 Å². The monoisotopic (exact) mass is 275 g/mol. The van der Waals surface area contributed by atoms with Crippen molar-refractivity contribution >= 4 is 11.6 Å². The molecule has 0 aliphatic carbocycles. The number of nitrogens with one attached hydrogen (secondary N) is 1. The first kappa shape index (κ1) is 16.0. The molecule has 0 saturated heterocycles. The van der Waals surface area contributed by atoms with Gasteiger partial charge in [-0.05, 0) is 18.6 Å². The van der Waals surface area contributed by atoms with Crippen molar-refractivity contribution in [2.45, 2.75) is 12.8 Å². The van der Waals surface area contributed by atoms with Crippen LogP contribution in [0.1, 0.15) is 12.8 Å². The molecule has 0 heterocycles. The SMILES string of the molecule is COCCCNC(=O)CN(CCC#N)c1ccccc1. The molecular weight excluding hydrogens is 254 g/mol. The van der Waals surface area contributed by atoms with Crippen molar-refractivity contribution in [1.82, 2.24) is 5.32 Å². The van der Waals surface area contributed by atoms with Gasteiger partial charge < -0.3 is 15.0 Å². The second-order valence-electron chi connectivity index (χ2n) is 4.36. The van der Waals surface area contributed by atoms with Gasteiger partial charge in [-0.3, -0.25) is 4.79 Å². The van der Waals surface area contributed by atoms with Crippen LogP contribution in [0.3, 0.4) is 0 Å². The van der Waals surface area contributed by atoms with Crippen LogP contribution in [0.5, 0.6) is 0 Å². The molecule has 5 heteroatoms. The highest BCUT2D eigenvalue weighted by Crippen LogP contribution is 2.12. The van der Waals surface area contributed by atoms with Crippen molar-refractivity contribution in [3.63, 3.8) is 0 Å². The van der Waals surface area contributed by atoms with Crippen LogP contribution >= 0.6 is 0 Å². The normalized spacial score (nSPS) is 9.80. The number of hydrogen-bond donors (Lipinski definition) is 1. The molecule has 20 heavy (non-hydrogen) atoms. The molecule has 1 rings (SSSR count). The average molecular weight is 275 g/mol. The third-order valence-corrected chi connectivity index (χ3v) is 2.80. The van der Waals surface area contributed by atoms with Crippen LogP contribution in [-0.4, -0.2) is 39.3 Å². The van der Waals surface area contributed by atoms with Gasteiger partial charge in [0.1, 0.15) is 0 Å². The number of carbonyl (C=O) groups is 1. The fraction of sp³-hybridized carbons (Fsp3) is 0.467. The summed E-state index contributed by atoms with van der Waals surface area (Å²) >= 11 is 0. The number of amides is 1. The molecule has 0 bridgehead atoms. The van der Waals surface area contributed by atoms with E-state index in [4.69, 9.17) is 10.00 Å². The maximum Gasteiger partial charge on any atom is 0.239 e. The first-order valence-electron chi connectivity index (χ1n) is 6.70. The van der Waals surface area contributed by atoms with E-state index >= 15 is 0 Å². The van der Waals surface area contributed by atoms with Crippen LogP contribution in [0.25, 0.3) is 0 Å². The standard InChI is InChI=1S/C15H21N3O2/c1-20-12-6-10-17-15(19)13-18(11-5-9-16)14-7-3-2-4-8-14/h2-4,7-8H,5-6,10-13H2,1H3,(H,17,19). The van der Waals surface area contributed by atoms with Crippen molar-refractivity contribution in [2.75, 3.05) is 38.3 Å². The van der Waals surface area contributed by atoms with Gasteiger partial charge in [-0.15, -0.1) is 0 Å². The van der Waals surface area contributed by atoms with Crippen molar-refractivity contribution in [3.8, 4) is 6.07 Å². The maximum atomic E-state index is 11.9. The largest absolute Gasteiger partial charge is 0.385 e. The van der Waals surface area contributed by atoms with Gasteiger partial charge in [-0.25, -0.2) is 0 Å². The summed E-state index contributed by atoms with van der Waals surface area (Å²) in [5.41, 5.74) is 0.954. The van der Waals surface area contributed by atoms with E-state index in [-0.39, 0.29) is 12.5 Å². The summed E-state index contributed by atoms with van der Waals surface area (Å²) < 4.78 is 4.93. The van der Waals surface area contributed by atoms with Gasteiger partial charge in [0.05, 0.1) is 19.0 Å². The Labute approximate surface area is 120 Å². The maximum absolute atomic E-state index is 11.9. The number of benzene rings is 1. The van der Waals surface area contributed by atoms with Gasteiger partial charge in [0.15, 0.2) is 0 Å². The molecule has 1 aromatic carbocycles. The Morgan fingerprint density at radius 2 is 2.15 bits per heavy atom. The molecule has 0 fully saturated rings. The summed E-state index contributed by atoms with van der Waals surface area (Å²) in [5, 5.41) is 11.6. The zero-order valence-electron chi connectivity index (χ0n) is 11.8. The molecule has 0 radical (unpaired) electrons. The Balaban J connectivity index is 2.48. The van der Waals surface area contributed by atoms with E-state index in [0.29, 0.717) is 26.1 Å². The Morgan fingerprint density at radius 3 is 2.80 bits per heavy atom. The minimum absolute atomic E-state index is 0.0390. The Morgan fingerprint density at radius 1 is 1.40 bits per heavy atom. The number of methoxy groups -OCH3 is 1. The molecule has 0 atom stereocenters. The third-order valence-electron chi connectivity index (χ3n) is 2.80. The lowest BCUT2D eigenvalue weighted by Crippen LogP contribution is -2.38. The fourth-order valence-corrected chi connectivity index (χ4v) is 1.80. The quantitative estimate of drug-likeness (QED) is 0.695. The van der Waals surface area contributed by atoms with Gasteiger partial charge >= 0.3 is 0 Å². The van der Waals surface area contributed by atoms with Gasteiger partial charge in [-0.2, -0.15) is 5.26 Å². The summed E-state index contributed by atoms with van der Waals surface area (Å²) in [6, 6.07) is 11.8. The van der Waals surface area contributed by atoms with E-state index in [2.05, 4.69) is 11.4 Å². The van der Waals surface area contributed by atoms with Crippen LogP contribution in [0, 0.1) is 11.3 Å². The second kappa shape index (κ2) is 9.82. The van der Waals surface area contributed by atoms with Gasteiger partial charge in [0.25, 0.3) is 0 Å². The smallest absolute Gasteiger partial charge is 0.239 e. The fourth-order valence-electron chi connectivity index (χ4n) is 1.80. The predicted octanol–water partition coefficient (Wildman–Crippen LogP) is 1.56. The molecule has 0 aromatic heterocycles. The highest BCUT2D eigenvalue weighted by atomic mass is 16.5. The minimum atomic E-state index is -0.0390. The number of para-hydroxylation sites is 1. The number of hydrogen-bond acceptors (Lipinski definition) is 4. The molecule has 5 nitrogen and oxygen atoms in total. The zero-order chi connectivity index (χ0) is 14.6. The Kier molecular flexibility index (Phi) is 7.85. The number of carbonyl (C=O) groups excluding carboxylic acids is 1. The molecular formula is C15H21N3O2. The molecule has 0 aliphatic heterocycles. The molecule has 0 unspecified atom stereocenters. The first-order valence-corrected chi connectivity index (χ1v) is 6.70. The highest BCUT2D eigenvalue weighted by Gasteiger charge is 2.10. The summed E-state index contributed by atoms with van der Waals surface area (Å²) in [6.45, 7) is 2.05. The molecule has 1 aromatic rings. The summed E-state index contributed by atoms with van der Waals surface area (Å²) in [5.74, 6) is -0.0390. The lowest BCUT2D eigenvalue weighted by molar-refractivity contribution is -0.119. The van der Waals surface area contributed by atoms with E-state index in [1.54, 1.807) is 7.11 Å². The lowest BCUT2D eigenvalue weighted by atomic mass is 10.2. The van der Waals surface area contributed by atoms with Gasteiger partial charge in [-0.1, -0.05) is 18.2 Å². The van der Waals surface area contributed by atoms with Crippen LogP contribution in [0.15, 0.2) is 30.3 Å². The van der Waals surface area contributed by atoms with Crippen molar-refractivity contribution in [1.29, 1.82) is 5.26 Å². The molecule has 0 aliphatic rings. The van der Waals surface area contributed by atoms with Crippen molar-refractivity contribution < 1.29 is 9.53 Å². The van der Waals surface area contributed by atoms with Crippen molar-refractivity contribution in [3.05, 3.63) is 30.3 Å². The minimum Gasteiger partial charge on any atom is -0.385 e. The van der Waals surface area contributed by atoms with E-state index in [9.17, 15) is 4.79 Å². The van der Waals surface area contributed by atoms with E-state index < -0.39 is 0 Å². The second-order valence-corrected chi connectivity index (χ2v) is 4.36. The molecule has 1 N–H and O–H groups in total. The molecule has 0 spiro atoms. The van der Waals surface area contributed by atoms with Gasteiger partial charge in [0, 0.05) is 32.5 Å². The number of anilines is 1. The molecule has 108 valence electrons.